The quantitative estimate of drug-likeness (QED) is 0.443. The summed E-state index contributed by atoms with van der Waals surface area (Å²) in [6.07, 6.45) is 2.19. The second kappa shape index (κ2) is 10.7. The van der Waals surface area contributed by atoms with Crippen LogP contribution in [0.1, 0.15) is 25.7 Å². The summed E-state index contributed by atoms with van der Waals surface area (Å²) >= 11 is 5.97. The summed E-state index contributed by atoms with van der Waals surface area (Å²) in [4.78, 5) is 24.9. The highest BCUT2D eigenvalue weighted by atomic mass is 35.5. The van der Waals surface area contributed by atoms with Gasteiger partial charge in [0.25, 0.3) is 0 Å². The van der Waals surface area contributed by atoms with Gasteiger partial charge < -0.3 is 20.1 Å². The zero-order valence-corrected chi connectivity index (χ0v) is 19.6. The summed E-state index contributed by atoms with van der Waals surface area (Å²) in [7, 11) is 0. The van der Waals surface area contributed by atoms with Gasteiger partial charge in [0.2, 0.25) is 0 Å². The Labute approximate surface area is 208 Å². The number of alkyl halides is 3. The number of fused-ring (bicyclic) bond motifs is 1. The molecule has 0 spiro atoms. The molecule has 1 aliphatic carbocycles. The summed E-state index contributed by atoms with van der Waals surface area (Å²) in [5.74, 6) is -1.26. The number of benzene rings is 1. The van der Waals surface area contributed by atoms with E-state index < -0.39 is 12.1 Å². The van der Waals surface area contributed by atoms with Gasteiger partial charge in [0.05, 0.1) is 11.7 Å². The van der Waals surface area contributed by atoms with E-state index in [4.69, 9.17) is 36.2 Å². The van der Waals surface area contributed by atoms with Gasteiger partial charge in [-0.3, -0.25) is 4.98 Å². The van der Waals surface area contributed by atoms with Crippen molar-refractivity contribution in [3.05, 3.63) is 47.5 Å². The van der Waals surface area contributed by atoms with Crippen molar-refractivity contribution in [3.8, 4) is 5.75 Å². The molecule has 1 aromatic carbocycles. The van der Waals surface area contributed by atoms with E-state index in [1.807, 2.05) is 6.07 Å². The van der Waals surface area contributed by atoms with Gasteiger partial charge in [0, 0.05) is 49.3 Å². The number of rotatable bonds is 5. The maximum Gasteiger partial charge on any atom is 0.490 e. The van der Waals surface area contributed by atoms with Crippen LogP contribution in [0.3, 0.4) is 0 Å². The second-order valence-electron chi connectivity index (χ2n) is 8.36. The Bertz CT molecular complexity index is 1230. The number of halogens is 5. The summed E-state index contributed by atoms with van der Waals surface area (Å²) in [6, 6.07) is 6.75. The van der Waals surface area contributed by atoms with E-state index in [0.29, 0.717) is 11.1 Å². The predicted molar refractivity (Wildman–Crippen MR) is 125 cm³/mol. The van der Waals surface area contributed by atoms with E-state index in [2.05, 4.69) is 15.2 Å². The number of carboxylic acid groups (broad SMARTS) is 1. The Morgan fingerprint density at radius 3 is 2.44 bits per heavy atom. The first-order chi connectivity index (χ1) is 17.1. The number of nitrogens with one attached hydrogen (secondary N) is 1. The van der Waals surface area contributed by atoms with Gasteiger partial charge in [-0.2, -0.15) is 13.2 Å². The Kier molecular flexibility index (Phi) is 7.62. The van der Waals surface area contributed by atoms with Crippen molar-refractivity contribution in [1.82, 2.24) is 15.0 Å². The third-order valence-corrected chi connectivity index (χ3v) is 5.77. The van der Waals surface area contributed by atoms with Gasteiger partial charge >= 0.3 is 12.1 Å². The van der Waals surface area contributed by atoms with Crippen LogP contribution in [0.2, 0.25) is 5.02 Å². The molecule has 2 aliphatic rings. The highest BCUT2D eigenvalue weighted by Crippen LogP contribution is 2.33. The number of carbonyl (C=O) groups is 1. The number of aromatic nitrogens is 3. The van der Waals surface area contributed by atoms with Gasteiger partial charge in [-0.25, -0.2) is 19.2 Å². The maximum atomic E-state index is 14.0. The summed E-state index contributed by atoms with van der Waals surface area (Å²) in [6.45, 7) is 1.51. The molecule has 0 atom stereocenters. The normalized spacial score (nSPS) is 16.3. The van der Waals surface area contributed by atoms with Crippen LogP contribution in [-0.4, -0.2) is 57.4 Å². The third kappa shape index (κ3) is 6.62. The largest absolute Gasteiger partial charge is 0.490 e. The number of pyridine rings is 1. The second-order valence-corrected chi connectivity index (χ2v) is 8.80. The summed E-state index contributed by atoms with van der Waals surface area (Å²) in [5.41, 5.74) is 1.62. The van der Waals surface area contributed by atoms with Crippen molar-refractivity contribution >= 4 is 40.2 Å². The molecule has 36 heavy (non-hydrogen) atoms. The first kappa shape index (κ1) is 25.7. The smallest absolute Gasteiger partial charge is 0.487 e. The van der Waals surface area contributed by atoms with Crippen LogP contribution in [0.15, 0.2) is 36.7 Å². The molecular weight excluding hydrogens is 506 g/mol. The molecule has 2 fully saturated rings. The monoisotopic (exact) mass is 527 g/mol. The van der Waals surface area contributed by atoms with Crippen LogP contribution in [0, 0.1) is 5.82 Å². The Morgan fingerprint density at radius 2 is 1.81 bits per heavy atom. The van der Waals surface area contributed by atoms with Crippen LogP contribution in [0.4, 0.5) is 29.2 Å². The molecular formula is C23H22ClF4N5O3. The molecule has 3 aromatic rings. The Hall–Kier alpha value is -3.41. The van der Waals surface area contributed by atoms with E-state index in [1.165, 1.54) is 18.2 Å². The number of nitrogens with zero attached hydrogens (tertiary/aromatic N) is 4. The first-order valence-electron chi connectivity index (χ1n) is 11.1. The standard InChI is InChI=1S/C21H21ClFN5O.C2HF3O2/c22-13-1-4-16(23)19(11-13)29-15-6-9-28(10-7-15)21-20(25-14-2-3-14)26-17-5-8-24-12-18(17)27-21;3-2(4,5)1(6)7/h1,4-5,8,11-12,14-15H,2-3,6-7,9-10H2,(H,25,26);(H,6,7). The minimum Gasteiger partial charge on any atom is -0.487 e. The van der Waals surface area contributed by atoms with Crippen molar-refractivity contribution in [3.63, 3.8) is 0 Å². The van der Waals surface area contributed by atoms with Crippen LogP contribution in [-0.2, 0) is 4.79 Å². The van der Waals surface area contributed by atoms with Crippen LogP contribution in [0.5, 0.6) is 5.75 Å². The molecule has 0 unspecified atom stereocenters. The molecule has 2 N–H and O–H groups in total. The molecule has 8 nitrogen and oxygen atoms in total. The fourth-order valence-corrected chi connectivity index (χ4v) is 3.73. The molecule has 1 saturated carbocycles. The molecule has 0 amide bonds. The molecule has 192 valence electrons. The number of ether oxygens (including phenoxy) is 1. The fraction of sp³-hybridized carbons (Fsp3) is 0.391. The van der Waals surface area contributed by atoms with Gasteiger partial charge in [-0.05, 0) is 31.0 Å². The van der Waals surface area contributed by atoms with Gasteiger partial charge in [0.15, 0.2) is 23.2 Å². The van der Waals surface area contributed by atoms with E-state index in [0.717, 1.165) is 61.4 Å². The van der Waals surface area contributed by atoms with E-state index in [1.54, 1.807) is 12.4 Å². The van der Waals surface area contributed by atoms with E-state index >= 15 is 0 Å². The lowest BCUT2D eigenvalue weighted by molar-refractivity contribution is -0.192. The van der Waals surface area contributed by atoms with Gasteiger partial charge in [-0.1, -0.05) is 11.6 Å². The predicted octanol–water partition coefficient (Wildman–Crippen LogP) is 5.07. The number of aliphatic carboxylic acids is 1. The van der Waals surface area contributed by atoms with Gasteiger partial charge in [0.1, 0.15) is 11.6 Å². The molecule has 13 heteroatoms. The zero-order valence-electron chi connectivity index (χ0n) is 18.8. The summed E-state index contributed by atoms with van der Waals surface area (Å²) in [5, 5.41) is 11.1. The molecule has 1 aliphatic heterocycles. The number of carboxylic acids is 1. The lowest BCUT2D eigenvalue weighted by Crippen LogP contribution is -2.39. The lowest BCUT2D eigenvalue weighted by Gasteiger charge is -2.33. The van der Waals surface area contributed by atoms with Gasteiger partial charge in [-0.15, -0.1) is 0 Å². The summed E-state index contributed by atoms with van der Waals surface area (Å²) < 4.78 is 51.6. The maximum absolute atomic E-state index is 14.0. The van der Waals surface area contributed by atoms with Crippen LogP contribution < -0.4 is 15.0 Å². The topological polar surface area (TPSA) is 100 Å². The Morgan fingerprint density at radius 1 is 1.11 bits per heavy atom. The van der Waals surface area contributed by atoms with Crippen LogP contribution >= 0.6 is 11.6 Å². The first-order valence-corrected chi connectivity index (χ1v) is 11.5. The minimum atomic E-state index is -5.08. The average Bonchev–Trinajstić information content (AvgIpc) is 3.65. The zero-order chi connectivity index (χ0) is 25.9. The minimum absolute atomic E-state index is 0.0610. The molecule has 0 radical (unpaired) electrons. The van der Waals surface area contributed by atoms with Crippen molar-refractivity contribution in [2.24, 2.45) is 0 Å². The molecule has 1 saturated heterocycles. The van der Waals surface area contributed by atoms with Crippen molar-refractivity contribution in [1.29, 1.82) is 0 Å². The van der Waals surface area contributed by atoms with Crippen molar-refractivity contribution < 1.29 is 32.2 Å². The molecule has 0 bridgehead atoms. The number of anilines is 2. The van der Waals surface area contributed by atoms with Crippen molar-refractivity contribution in [2.75, 3.05) is 23.3 Å². The van der Waals surface area contributed by atoms with E-state index in [-0.39, 0.29) is 17.7 Å². The molecule has 2 aromatic heterocycles. The van der Waals surface area contributed by atoms with E-state index in [9.17, 15) is 17.6 Å². The third-order valence-electron chi connectivity index (χ3n) is 5.54. The molecule has 3 heterocycles. The van der Waals surface area contributed by atoms with Crippen molar-refractivity contribution in [2.45, 2.75) is 44.0 Å². The van der Waals surface area contributed by atoms with Crippen LogP contribution in [0.25, 0.3) is 11.0 Å². The highest BCUT2D eigenvalue weighted by Gasteiger charge is 2.38. The lowest BCUT2D eigenvalue weighted by atomic mass is 10.1. The SMILES string of the molecule is Fc1ccc(Cl)cc1OC1CCN(c2nc3cnccc3nc2NC2CC2)CC1.O=C(O)C(F)(F)F. The number of hydrogen-bond acceptors (Lipinski definition) is 7. The highest BCUT2D eigenvalue weighted by molar-refractivity contribution is 6.30. The number of piperidine rings is 1. The Balaban J connectivity index is 0.000000384. The number of hydrogen-bond donors (Lipinski definition) is 2. The molecule has 5 rings (SSSR count). The fourth-order valence-electron chi connectivity index (χ4n) is 3.57. The average molecular weight is 528 g/mol.